The van der Waals surface area contributed by atoms with Gasteiger partial charge in [-0.05, 0) is 50.2 Å². The molecule has 1 aromatic rings. The fraction of sp³-hybridized carbons (Fsp3) is 0.600. The Bertz CT molecular complexity index is 870. The van der Waals surface area contributed by atoms with Crippen LogP contribution in [0.25, 0.3) is 0 Å². The number of carbonyl (C=O) groups excluding carboxylic acids is 3. The van der Waals surface area contributed by atoms with E-state index in [1.807, 2.05) is 6.92 Å². The van der Waals surface area contributed by atoms with Crippen molar-refractivity contribution in [1.82, 2.24) is 15.2 Å². The van der Waals surface area contributed by atoms with Gasteiger partial charge in [0.25, 0.3) is 11.8 Å². The molecule has 2 fully saturated rings. The molecule has 0 aromatic carbocycles. The fourth-order valence-corrected chi connectivity index (χ4v) is 4.39. The van der Waals surface area contributed by atoms with Crippen molar-refractivity contribution in [2.75, 3.05) is 0 Å². The lowest BCUT2D eigenvalue weighted by atomic mass is 9.65. The molecule has 1 saturated carbocycles. The van der Waals surface area contributed by atoms with Crippen LogP contribution in [0.1, 0.15) is 56.3 Å². The zero-order chi connectivity index (χ0) is 23.0. The Kier molecular flexibility index (Phi) is 6.15. The molecular weight excluding hydrogens is 417 g/mol. The van der Waals surface area contributed by atoms with Crippen molar-refractivity contribution in [3.05, 3.63) is 23.9 Å². The summed E-state index contributed by atoms with van der Waals surface area (Å²) in [6.07, 6.45) is -3.02. The Morgan fingerprint density at radius 1 is 1.42 bits per heavy atom. The first kappa shape index (κ1) is 22.8. The molecule has 3 N–H and O–H groups in total. The molecule has 0 radical (unpaired) electrons. The predicted octanol–water partition coefficient (Wildman–Crippen LogP) is 2.77. The first-order valence-electron chi connectivity index (χ1n) is 10.0. The second kappa shape index (κ2) is 8.35. The highest BCUT2D eigenvalue weighted by atomic mass is 19.4. The van der Waals surface area contributed by atoms with Gasteiger partial charge in [0.1, 0.15) is 17.7 Å². The number of hydrogen-bond donors (Lipinski definition) is 2. The molecule has 31 heavy (non-hydrogen) atoms. The summed E-state index contributed by atoms with van der Waals surface area (Å²) in [6.45, 7) is 3.68. The average Bonchev–Trinajstić information content (AvgIpc) is 2.92. The Labute approximate surface area is 177 Å². The van der Waals surface area contributed by atoms with Gasteiger partial charge >= 0.3 is 12.2 Å². The number of rotatable bonds is 8. The quantitative estimate of drug-likeness (QED) is 0.601. The molecular formula is C20H25F3N4O4. The SMILES string of the molecule is C[C@@H](C[C@]1(C)C[C@@H](Oc2ncccc2C(N)=O)C1)N1C(=O)NC(CCC(F)(F)F)C1=O. The van der Waals surface area contributed by atoms with E-state index in [9.17, 15) is 27.6 Å². The maximum absolute atomic E-state index is 12.5. The molecule has 2 heterocycles. The van der Waals surface area contributed by atoms with Crippen LogP contribution in [0.5, 0.6) is 5.88 Å². The van der Waals surface area contributed by atoms with Gasteiger partial charge in [-0.25, -0.2) is 9.78 Å². The van der Waals surface area contributed by atoms with Crippen LogP contribution >= 0.6 is 0 Å². The summed E-state index contributed by atoms with van der Waals surface area (Å²) in [5, 5.41) is 2.35. The van der Waals surface area contributed by atoms with E-state index in [-0.39, 0.29) is 23.0 Å². The summed E-state index contributed by atoms with van der Waals surface area (Å²) in [5.41, 5.74) is 5.27. The van der Waals surface area contributed by atoms with Crippen LogP contribution in [0, 0.1) is 5.41 Å². The highest BCUT2D eigenvalue weighted by molar-refractivity contribution is 6.04. The number of nitrogens with two attached hydrogens (primary N) is 1. The Hall–Kier alpha value is -2.85. The monoisotopic (exact) mass is 442 g/mol. The Balaban J connectivity index is 1.54. The predicted molar refractivity (Wildman–Crippen MR) is 103 cm³/mol. The summed E-state index contributed by atoms with van der Waals surface area (Å²) in [6, 6.07) is 0.806. The van der Waals surface area contributed by atoms with Gasteiger partial charge in [-0.3, -0.25) is 14.5 Å². The average molecular weight is 442 g/mol. The van der Waals surface area contributed by atoms with Crippen molar-refractivity contribution in [2.45, 2.75) is 70.3 Å². The number of urea groups is 1. The molecule has 11 heteroatoms. The number of carbonyl (C=O) groups is 3. The molecule has 1 aromatic heterocycles. The lowest BCUT2D eigenvalue weighted by Gasteiger charge is -2.46. The lowest BCUT2D eigenvalue weighted by Crippen LogP contribution is -2.48. The Morgan fingerprint density at radius 3 is 2.71 bits per heavy atom. The van der Waals surface area contributed by atoms with E-state index in [0.717, 1.165) is 4.90 Å². The highest BCUT2D eigenvalue weighted by Crippen LogP contribution is 2.47. The van der Waals surface area contributed by atoms with Crippen LogP contribution < -0.4 is 15.8 Å². The second-order valence-corrected chi connectivity index (χ2v) is 8.60. The summed E-state index contributed by atoms with van der Waals surface area (Å²) < 4.78 is 43.1. The fourth-order valence-electron chi connectivity index (χ4n) is 4.39. The van der Waals surface area contributed by atoms with Crippen LogP contribution in [-0.2, 0) is 4.79 Å². The lowest BCUT2D eigenvalue weighted by molar-refractivity contribution is -0.140. The number of hydrogen-bond acceptors (Lipinski definition) is 5. The van der Waals surface area contributed by atoms with E-state index in [4.69, 9.17) is 10.5 Å². The first-order chi connectivity index (χ1) is 14.4. The number of nitrogens with one attached hydrogen (secondary N) is 1. The normalized spacial score (nSPS) is 26.9. The molecule has 170 valence electrons. The van der Waals surface area contributed by atoms with Gasteiger partial charge in [0.2, 0.25) is 5.88 Å². The van der Waals surface area contributed by atoms with Crippen molar-refractivity contribution >= 4 is 17.8 Å². The smallest absolute Gasteiger partial charge is 0.389 e. The van der Waals surface area contributed by atoms with Crippen LogP contribution in [0.15, 0.2) is 18.3 Å². The molecule has 2 aliphatic rings. The van der Waals surface area contributed by atoms with Gasteiger partial charge in [0.05, 0.1) is 0 Å². The second-order valence-electron chi connectivity index (χ2n) is 8.60. The summed E-state index contributed by atoms with van der Waals surface area (Å²) in [7, 11) is 0. The van der Waals surface area contributed by atoms with Crippen LogP contribution in [-0.4, -0.2) is 52.1 Å². The van der Waals surface area contributed by atoms with Crippen LogP contribution in [0.2, 0.25) is 0 Å². The van der Waals surface area contributed by atoms with Gasteiger partial charge in [-0.2, -0.15) is 13.2 Å². The van der Waals surface area contributed by atoms with Crippen LogP contribution in [0.4, 0.5) is 18.0 Å². The molecule has 1 aliphatic carbocycles. The molecule has 0 bridgehead atoms. The minimum absolute atomic E-state index is 0.164. The van der Waals surface area contributed by atoms with E-state index in [1.165, 1.54) is 12.3 Å². The number of halogens is 3. The van der Waals surface area contributed by atoms with Gasteiger partial charge < -0.3 is 15.8 Å². The molecule has 1 saturated heterocycles. The number of aromatic nitrogens is 1. The van der Waals surface area contributed by atoms with Crippen molar-refractivity contribution in [2.24, 2.45) is 11.1 Å². The van der Waals surface area contributed by atoms with Crippen molar-refractivity contribution < 1.29 is 32.3 Å². The third kappa shape index (κ3) is 5.26. The topological polar surface area (TPSA) is 115 Å². The van der Waals surface area contributed by atoms with E-state index in [2.05, 4.69) is 10.3 Å². The Morgan fingerprint density at radius 2 is 2.10 bits per heavy atom. The number of primary amides is 1. The first-order valence-corrected chi connectivity index (χ1v) is 10.0. The molecule has 8 nitrogen and oxygen atoms in total. The van der Waals surface area contributed by atoms with Gasteiger partial charge in [0, 0.05) is 18.7 Å². The maximum Gasteiger partial charge on any atom is 0.389 e. The molecule has 2 atom stereocenters. The standard InChI is InChI=1S/C20H25F3N4O4/c1-11(27-17(29)14(26-18(27)30)5-6-20(21,22)23)8-19(2)9-12(10-19)31-16-13(15(24)28)4-3-7-25-16/h3-4,7,11-12,14H,5-6,8-10H2,1-2H3,(H2,24,28)(H,26,30)/t11-,12-,14?,19-/m0/s1. The molecule has 3 rings (SSSR count). The number of alkyl halides is 3. The van der Waals surface area contributed by atoms with Gasteiger partial charge in [0.15, 0.2) is 0 Å². The minimum atomic E-state index is -4.39. The summed E-state index contributed by atoms with van der Waals surface area (Å²) >= 11 is 0. The minimum Gasteiger partial charge on any atom is -0.474 e. The van der Waals surface area contributed by atoms with Crippen molar-refractivity contribution in [1.29, 1.82) is 0 Å². The molecule has 1 aliphatic heterocycles. The molecule has 0 spiro atoms. The third-order valence-electron chi connectivity index (χ3n) is 5.75. The van der Waals surface area contributed by atoms with E-state index >= 15 is 0 Å². The summed E-state index contributed by atoms with van der Waals surface area (Å²) in [5.74, 6) is -1.11. The third-order valence-corrected chi connectivity index (χ3v) is 5.75. The summed E-state index contributed by atoms with van der Waals surface area (Å²) in [4.78, 5) is 41.2. The maximum atomic E-state index is 12.5. The van der Waals surface area contributed by atoms with Crippen LogP contribution in [0.3, 0.4) is 0 Å². The van der Waals surface area contributed by atoms with E-state index in [0.29, 0.717) is 19.3 Å². The van der Waals surface area contributed by atoms with Gasteiger partial charge in [-0.15, -0.1) is 0 Å². The van der Waals surface area contributed by atoms with Crippen molar-refractivity contribution in [3.8, 4) is 5.88 Å². The molecule has 4 amide bonds. The van der Waals surface area contributed by atoms with Gasteiger partial charge in [-0.1, -0.05) is 6.92 Å². The highest BCUT2D eigenvalue weighted by Gasteiger charge is 2.47. The zero-order valence-electron chi connectivity index (χ0n) is 17.2. The largest absolute Gasteiger partial charge is 0.474 e. The zero-order valence-corrected chi connectivity index (χ0v) is 17.2. The van der Waals surface area contributed by atoms with E-state index in [1.54, 1.807) is 13.0 Å². The molecule has 1 unspecified atom stereocenters. The number of amides is 4. The number of nitrogens with zero attached hydrogens (tertiary/aromatic N) is 2. The number of imide groups is 1. The number of pyridine rings is 1. The van der Waals surface area contributed by atoms with E-state index < -0.39 is 48.9 Å². The van der Waals surface area contributed by atoms with Crippen molar-refractivity contribution in [3.63, 3.8) is 0 Å². The number of ether oxygens (including phenoxy) is 1.